The van der Waals surface area contributed by atoms with Gasteiger partial charge in [-0.05, 0) is 89.9 Å². The van der Waals surface area contributed by atoms with Gasteiger partial charge in [-0.2, -0.15) is 0 Å². The lowest BCUT2D eigenvalue weighted by Gasteiger charge is -2.58. The third kappa shape index (κ3) is 3.93. The first-order chi connectivity index (χ1) is 19.6. The van der Waals surface area contributed by atoms with E-state index in [-0.39, 0.29) is 40.3 Å². The number of aliphatic hydroxyl groups is 1. The maximum absolute atomic E-state index is 9.92. The van der Waals surface area contributed by atoms with Crippen molar-refractivity contribution in [2.75, 3.05) is 6.61 Å². The predicted octanol–water partition coefficient (Wildman–Crippen LogP) is 7.02. The molecule has 2 aromatic rings. The van der Waals surface area contributed by atoms with Crippen molar-refractivity contribution < 1.29 is 14.3 Å². The zero-order valence-corrected chi connectivity index (χ0v) is 26.9. The quantitative estimate of drug-likeness (QED) is 0.239. The minimum atomic E-state index is -2.56. The standard InChI is InChI=1S/C37H50O3Si/c1-34(2,3)41(28-12-8-6-9-13-28,29-14-10-7-11-15-29)40-27-18-21-35(4)26(24-27)16-17-30-31(35)19-22-36(5)32(30)20-23-37(36)33(25-38)39-37/h6-16,27,30-33,38H,17-25H2,1-5H3/t27-,30+,31-,32-,33-,35-,36-,37-/m0/s1. The Labute approximate surface area is 248 Å². The molecule has 3 nitrogen and oxygen atoms in total. The maximum Gasteiger partial charge on any atom is 0.261 e. The second kappa shape index (κ2) is 9.64. The van der Waals surface area contributed by atoms with Crippen molar-refractivity contribution >= 4 is 18.7 Å². The van der Waals surface area contributed by atoms with Crippen LogP contribution in [-0.4, -0.2) is 37.8 Å². The van der Waals surface area contributed by atoms with Crippen molar-refractivity contribution in [1.29, 1.82) is 0 Å². The highest BCUT2D eigenvalue weighted by Gasteiger charge is 2.74. The van der Waals surface area contributed by atoms with Gasteiger partial charge in [-0.25, -0.2) is 0 Å². The fraction of sp³-hybridized carbons (Fsp3) is 0.622. The molecule has 4 heteroatoms. The summed E-state index contributed by atoms with van der Waals surface area (Å²) in [5.41, 5.74) is 2.16. The summed E-state index contributed by atoms with van der Waals surface area (Å²) in [5, 5.41) is 12.7. The van der Waals surface area contributed by atoms with E-state index in [1.807, 2.05) is 0 Å². The molecule has 0 bridgehead atoms. The second-order valence-corrected chi connectivity index (χ2v) is 19.8. The zero-order chi connectivity index (χ0) is 28.7. The molecule has 1 spiro atoms. The first kappa shape index (κ1) is 28.1. The normalized spacial score (nSPS) is 40.0. The Morgan fingerprint density at radius 2 is 1.51 bits per heavy atom. The molecular formula is C37H50O3Si. The van der Waals surface area contributed by atoms with Crippen LogP contribution in [0.3, 0.4) is 0 Å². The molecule has 0 aromatic heterocycles. The Morgan fingerprint density at radius 3 is 2.10 bits per heavy atom. The number of benzene rings is 2. The van der Waals surface area contributed by atoms with Crippen LogP contribution in [-0.2, 0) is 9.16 Å². The molecule has 0 radical (unpaired) electrons. The zero-order valence-electron chi connectivity index (χ0n) is 25.9. The Bertz CT molecular complexity index is 1260. The topological polar surface area (TPSA) is 42.0 Å². The number of epoxide rings is 1. The van der Waals surface area contributed by atoms with Crippen LogP contribution in [0.4, 0.5) is 0 Å². The molecule has 1 heterocycles. The highest BCUT2D eigenvalue weighted by atomic mass is 28.4. The largest absolute Gasteiger partial charge is 0.404 e. The molecule has 0 amide bonds. The highest BCUT2D eigenvalue weighted by Crippen LogP contribution is 2.72. The van der Waals surface area contributed by atoms with Gasteiger partial charge in [-0.3, -0.25) is 0 Å². The summed E-state index contributed by atoms with van der Waals surface area (Å²) in [7, 11) is -2.56. The van der Waals surface area contributed by atoms with E-state index in [1.165, 1.54) is 42.5 Å². The van der Waals surface area contributed by atoms with Crippen molar-refractivity contribution in [3.8, 4) is 0 Å². The van der Waals surface area contributed by atoms with Gasteiger partial charge in [-0.1, -0.05) is 107 Å². The summed E-state index contributed by atoms with van der Waals surface area (Å²) in [6, 6.07) is 22.3. The van der Waals surface area contributed by atoms with Gasteiger partial charge >= 0.3 is 0 Å². The number of ether oxygens (including phenoxy) is 1. The van der Waals surface area contributed by atoms with Crippen LogP contribution in [0.25, 0.3) is 0 Å². The van der Waals surface area contributed by atoms with Gasteiger partial charge in [0.05, 0.1) is 6.61 Å². The van der Waals surface area contributed by atoms with Crippen molar-refractivity contribution in [3.05, 3.63) is 72.3 Å². The number of aliphatic hydroxyl groups excluding tert-OH is 1. The number of allylic oxidation sites excluding steroid dienone is 1. The number of rotatable bonds is 5. The molecule has 220 valence electrons. The molecule has 0 unspecified atom stereocenters. The minimum Gasteiger partial charge on any atom is -0.404 e. The molecule has 2 aromatic carbocycles. The van der Waals surface area contributed by atoms with Crippen molar-refractivity contribution in [1.82, 2.24) is 0 Å². The van der Waals surface area contributed by atoms with Gasteiger partial charge in [0, 0.05) is 11.5 Å². The molecule has 5 aliphatic rings. The van der Waals surface area contributed by atoms with E-state index in [1.54, 1.807) is 5.57 Å². The summed E-state index contributed by atoms with van der Waals surface area (Å²) in [5.74, 6) is 2.23. The molecule has 1 N–H and O–H groups in total. The van der Waals surface area contributed by atoms with Gasteiger partial charge in [-0.15, -0.1) is 0 Å². The minimum absolute atomic E-state index is 0.00602. The van der Waals surface area contributed by atoms with Gasteiger partial charge in [0.1, 0.15) is 11.7 Å². The van der Waals surface area contributed by atoms with Gasteiger partial charge in [0.15, 0.2) is 0 Å². The van der Waals surface area contributed by atoms with E-state index < -0.39 is 8.32 Å². The van der Waals surface area contributed by atoms with Crippen LogP contribution in [0, 0.1) is 28.6 Å². The van der Waals surface area contributed by atoms with Crippen LogP contribution < -0.4 is 10.4 Å². The summed E-state index contributed by atoms with van der Waals surface area (Å²) in [6.07, 6.45) is 12.6. The lowest BCUT2D eigenvalue weighted by Crippen LogP contribution is -2.68. The molecule has 7 rings (SSSR count). The van der Waals surface area contributed by atoms with Crippen LogP contribution in [0.15, 0.2) is 72.3 Å². The maximum atomic E-state index is 9.92. The van der Waals surface area contributed by atoms with E-state index in [0.717, 1.165) is 37.0 Å². The van der Waals surface area contributed by atoms with E-state index in [4.69, 9.17) is 9.16 Å². The third-order valence-electron chi connectivity index (χ3n) is 13.0. The Balaban J connectivity index is 1.18. The van der Waals surface area contributed by atoms with Crippen molar-refractivity contribution in [2.45, 2.75) is 109 Å². The lowest BCUT2D eigenvalue weighted by molar-refractivity contribution is -0.0549. The Morgan fingerprint density at radius 1 is 0.878 bits per heavy atom. The Kier molecular flexibility index (Phi) is 6.60. The first-order valence-corrected chi connectivity index (χ1v) is 18.3. The number of hydrogen-bond acceptors (Lipinski definition) is 3. The Hall–Kier alpha value is -1.72. The van der Waals surface area contributed by atoms with Crippen molar-refractivity contribution in [3.63, 3.8) is 0 Å². The van der Waals surface area contributed by atoms with Crippen molar-refractivity contribution in [2.24, 2.45) is 28.6 Å². The van der Waals surface area contributed by atoms with Gasteiger partial charge in [0.2, 0.25) is 0 Å². The highest BCUT2D eigenvalue weighted by molar-refractivity contribution is 6.99. The first-order valence-electron chi connectivity index (χ1n) is 16.4. The third-order valence-corrected chi connectivity index (χ3v) is 18.1. The molecule has 1 aliphatic heterocycles. The molecule has 8 atom stereocenters. The molecular weight excluding hydrogens is 520 g/mol. The van der Waals surface area contributed by atoms with E-state index in [0.29, 0.717) is 0 Å². The number of fused-ring (bicyclic) bond motifs is 6. The van der Waals surface area contributed by atoms with Gasteiger partial charge < -0.3 is 14.3 Å². The monoisotopic (exact) mass is 570 g/mol. The lowest BCUT2D eigenvalue weighted by atomic mass is 9.47. The second-order valence-electron chi connectivity index (χ2n) is 15.6. The smallest absolute Gasteiger partial charge is 0.261 e. The van der Waals surface area contributed by atoms with E-state index >= 15 is 0 Å². The molecule has 4 fully saturated rings. The van der Waals surface area contributed by atoms with Gasteiger partial charge in [0.25, 0.3) is 8.32 Å². The molecule has 4 aliphatic carbocycles. The fourth-order valence-electron chi connectivity index (χ4n) is 10.8. The summed E-state index contributed by atoms with van der Waals surface area (Å²) < 4.78 is 13.9. The van der Waals surface area contributed by atoms with E-state index in [2.05, 4.69) is 101 Å². The summed E-state index contributed by atoms with van der Waals surface area (Å²) >= 11 is 0. The van der Waals surface area contributed by atoms with Crippen LogP contribution in [0.2, 0.25) is 5.04 Å². The average Bonchev–Trinajstić information content (AvgIpc) is 3.62. The predicted molar refractivity (Wildman–Crippen MR) is 169 cm³/mol. The SMILES string of the molecule is CC(C)(C)[Si](O[C@H]1CC[C@@]2(C)C(=CC[C@@H]3[C@@H]2CC[C@@]2(C)[C@H]3CC[C@@]23O[C@H]3CO)C1)(c1ccccc1)c1ccccc1. The fourth-order valence-corrected chi connectivity index (χ4v) is 15.5. The summed E-state index contributed by atoms with van der Waals surface area (Å²) in [6.45, 7) is 12.5. The summed E-state index contributed by atoms with van der Waals surface area (Å²) in [4.78, 5) is 0. The van der Waals surface area contributed by atoms with E-state index in [9.17, 15) is 5.11 Å². The van der Waals surface area contributed by atoms with Crippen LogP contribution in [0.1, 0.15) is 86.0 Å². The number of hydrogen-bond donors (Lipinski definition) is 1. The van der Waals surface area contributed by atoms with Crippen LogP contribution >= 0.6 is 0 Å². The molecule has 1 saturated heterocycles. The molecule has 3 saturated carbocycles. The van der Waals surface area contributed by atoms with Crippen LogP contribution in [0.5, 0.6) is 0 Å². The average molecular weight is 571 g/mol. The molecule has 41 heavy (non-hydrogen) atoms.